The van der Waals surface area contributed by atoms with Gasteiger partial charge < -0.3 is 73.9 Å². The minimum Gasteiger partial charge on any atom is -0.481 e. The molecule has 0 aromatic rings. The van der Waals surface area contributed by atoms with Crippen LogP contribution in [0.15, 0.2) is 0 Å². The number of aliphatic carboxylic acids is 2. The van der Waals surface area contributed by atoms with Crippen LogP contribution in [0, 0.1) is 46.8 Å². The number of aliphatic hydroxyl groups is 1. The van der Waals surface area contributed by atoms with Crippen LogP contribution in [0.1, 0.15) is 132 Å². The Morgan fingerprint density at radius 3 is 1.27 bits per heavy atom. The Hall–Kier alpha value is -5.50. The molecule has 0 aromatic carbocycles. The molecular weight excluding hydrogens is 1050 g/mol. The van der Waals surface area contributed by atoms with E-state index in [2.05, 4.69) is 16.0 Å². The Kier molecular flexibility index (Phi) is 38.4. The van der Waals surface area contributed by atoms with Crippen LogP contribution >= 0.6 is 0 Å². The van der Waals surface area contributed by atoms with E-state index in [1.165, 1.54) is 6.92 Å². The Morgan fingerprint density at radius 2 is 0.887 bits per heavy atom. The van der Waals surface area contributed by atoms with Gasteiger partial charge in [0.15, 0.2) is 0 Å². The lowest BCUT2D eigenvalue weighted by atomic mass is 9.80. The van der Waals surface area contributed by atoms with Crippen LogP contribution in [0.4, 0.5) is 0 Å². The normalized spacial score (nSPS) is 16.5. The molecule has 1 rings (SSSR count). The molecule has 0 aromatic heterocycles. The molecule has 25 nitrogen and oxygen atoms in total. The average molecular weight is 1150 g/mol. The fourth-order valence-electron chi connectivity index (χ4n) is 7.93. The maximum atomic E-state index is 13.2. The van der Waals surface area contributed by atoms with Gasteiger partial charge in [-0.1, -0.05) is 48.5 Å². The molecule has 1 aliphatic rings. The Labute approximate surface area is 470 Å². The van der Waals surface area contributed by atoms with Crippen LogP contribution in [0.5, 0.6) is 0 Å². The highest BCUT2D eigenvalue weighted by Crippen LogP contribution is 2.31. The van der Waals surface area contributed by atoms with Crippen molar-refractivity contribution in [3.63, 3.8) is 0 Å². The summed E-state index contributed by atoms with van der Waals surface area (Å²) >= 11 is 0. The number of esters is 8. The molecule has 1 aliphatic heterocycles. The number of ether oxygens (including phenoxy) is 9. The number of carboxylic acid groups (broad SMARTS) is 2. The lowest BCUT2D eigenvalue weighted by molar-refractivity contribution is -0.163. The summed E-state index contributed by atoms with van der Waals surface area (Å²) in [5, 5.41) is 38.6. The first-order valence-electron chi connectivity index (χ1n) is 28.3. The number of nitrogens with one attached hydrogen (secondary N) is 3. The first kappa shape index (κ1) is 72.5. The predicted molar refractivity (Wildman–Crippen MR) is 285 cm³/mol. The maximum absolute atomic E-state index is 13.2. The van der Waals surface area contributed by atoms with E-state index < -0.39 is 95.8 Å². The van der Waals surface area contributed by atoms with Crippen molar-refractivity contribution in [2.75, 3.05) is 105 Å². The summed E-state index contributed by atoms with van der Waals surface area (Å²) in [4.78, 5) is 126. The number of rotatable bonds is 47. The third-order valence-corrected chi connectivity index (χ3v) is 13.9. The number of aliphatic hydroxyl groups excluding tert-OH is 1. The van der Waals surface area contributed by atoms with Gasteiger partial charge in [0.25, 0.3) is 0 Å². The van der Waals surface area contributed by atoms with Crippen molar-refractivity contribution in [2.45, 2.75) is 138 Å². The summed E-state index contributed by atoms with van der Waals surface area (Å²) in [5.41, 5.74) is -1.11. The number of hydrogen-bond donors (Lipinski definition) is 6. The molecule has 460 valence electrons. The molecule has 8 unspecified atom stereocenters. The molecule has 1 saturated heterocycles. The van der Waals surface area contributed by atoms with E-state index in [-0.39, 0.29) is 160 Å². The zero-order chi connectivity index (χ0) is 59.9. The van der Waals surface area contributed by atoms with E-state index in [4.69, 9.17) is 42.6 Å². The summed E-state index contributed by atoms with van der Waals surface area (Å²) in [7, 11) is 0. The van der Waals surface area contributed by atoms with Crippen LogP contribution in [0.25, 0.3) is 0 Å². The lowest BCUT2D eigenvalue weighted by Gasteiger charge is -2.31. The smallest absolute Gasteiger partial charge is 0.309 e. The first-order valence-corrected chi connectivity index (χ1v) is 28.3. The van der Waals surface area contributed by atoms with Gasteiger partial charge in [0, 0.05) is 45.9 Å². The van der Waals surface area contributed by atoms with Gasteiger partial charge in [-0.25, -0.2) is 0 Å². The molecule has 0 bridgehead atoms. The van der Waals surface area contributed by atoms with Crippen molar-refractivity contribution in [1.29, 1.82) is 0 Å². The molecule has 0 radical (unpaired) electrons. The number of hydrogen-bond acceptors (Lipinski definition) is 23. The molecule has 80 heavy (non-hydrogen) atoms. The van der Waals surface area contributed by atoms with Crippen LogP contribution in [0.3, 0.4) is 0 Å². The molecule has 1 fully saturated rings. The molecule has 0 amide bonds. The van der Waals surface area contributed by atoms with Gasteiger partial charge in [-0.2, -0.15) is 0 Å². The van der Waals surface area contributed by atoms with Crippen molar-refractivity contribution in [1.82, 2.24) is 16.0 Å². The monoisotopic (exact) mass is 1150 g/mol. The fraction of sp³-hybridized carbons (Fsp3) is 0.818. The Bertz CT molecular complexity index is 1830. The molecule has 0 aliphatic carbocycles. The second kappa shape index (κ2) is 42.4. The van der Waals surface area contributed by atoms with Gasteiger partial charge in [0.2, 0.25) is 0 Å². The summed E-state index contributed by atoms with van der Waals surface area (Å²) in [6.45, 7) is 12.6. The van der Waals surface area contributed by atoms with Crippen molar-refractivity contribution >= 4 is 59.7 Å². The third-order valence-electron chi connectivity index (χ3n) is 13.9. The Morgan fingerprint density at radius 1 is 0.487 bits per heavy atom. The van der Waals surface area contributed by atoms with Crippen LogP contribution in [-0.4, -0.2) is 186 Å². The topological polar surface area (TPSA) is 351 Å². The standard InChI is InChI=1S/C55H93N3O22/c1-8-37(5)50(67)73-25-20-56-17-14-45(60)78-34-55(11-4,35-79-46(61)15-18-57-21-26-74-51(68)38(6)9-2)36-80-47(62)16-19-58-22-27-75-53(70)40(10-3)30-41(48(63)64)31-42(49(65)66)32-43(54(71)76-28-23-59)29-39(7)52(69)77-33-44-13-12-24-72-44/h37-44,56-59H,8-36H2,1-7H3,(H,63,64)(H,65,66). The fourth-order valence-corrected chi connectivity index (χ4v) is 7.93. The minimum atomic E-state index is -1.40. The quantitative estimate of drug-likeness (QED) is 0.0289. The van der Waals surface area contributed by atoms with Crippen molar-refractivity contribution in [3.8, 4) is 0 Å². The molecule has 8 atom stereocenters. The third kappa shape index (κ3) is 31.5. The van der Waals surface area contributed by atoms with E-state index in [1.54, 1.807) is 27.7 Å². The van der Waals surface area contributed by atoms with Gasteiger partial charge in [0.1, 0.15) is 52.9 Å². The van der Waals surface area contributed by atoms with Crippen LogP contribution < -0.4 is 16.0 Å². The predicted octanol–water partition coefficient (Wildman–Crippen LogP) is 3.17. The minimum absolute atomic E-state index is 0.0246. The second-order valence-corrected chi connectivity index (χ2v) is 20.3. The van der Waals surface area contributed by atoms with E-state index in [0.717, 1.165) is 12.8 Å². The van der Waals surface area contributed by atoms with E-state index in [0.29, 0.717) is 32.5 Å². The maximum Gasteiger partial charge on any atom is 0.309 e. The largest absolute Gasteiger partial charge is 0.481 e. The van der Waals surface area contributed by atoms with E-state index in [1.807, 2.05) is 13.8 Å². The molecule has 1 heterocycles. The first-order chi connectivity index (χ1) is 38.1. The highest BCUT2D eigenvalue weighted by molar-refractivity contribution is 5.79. The van der Waals surface area contributed by atoms with Gasteiger partial charge in [-0.05, 0) is 64.2 Å². The highest BCUT2D eigenvalue weighted by Gasteiger charge is 2.37. The Balaban J connectivity index is 2.80. The SMILES string of the molecule is CCC(C)C(=O)OCCNCCC(=O)OCC(CC)(COC(=O)CCNCCOC(=O)C(C)CC)COC(=O)CCNCCOC(=O)C(CC)CC(CC(CC(CC(C)C(=O)OCC1CCCO1)C(=O)OCCO)C(=O)O)C(=O)O. The van der Waals surface area contributed by atoms with Crippen LogP contribution in [-0.2, 0) is 90.6 Å². The van der Waals surface area contributed by atoms with Gasteiger partial charge in [-0.3, -0.25) is 47.9 Å². The zero-order valence-electron chi connectivity index (χ0n) is 48.2. The summed E-state index contributed by atoms with van der Waals surface area (Å²) < 4.78 is 48.5. The molecule has 25 heteroatoms. The second-order valence-electron chi connectivity index (χ2n) is 20.3. The van der Waals surface area contributed by atoms with Gasteiger partial charge in [0.05, 0.1) is 78.8 Å². The molecule has 0 saturated carbocycles. The van der Waals surface area contributed by atoms with E-state index in [9.17, 15) is 63.3 Å². The molecular formula is C55H93N3O22. The van der Waals surface area contributed by atoms with Crippen molar-refractivity contribution in [2.24, 2.45) is 46.8 Å². The number of carbonyl (C=O) groups is 10. The van der Waals surface area contributed by atoms with Gasteiger partial charge in [-0.15, -0.1) is 0 Å². The highest BCUT2D eigenvalue weighted by atomic mass is 16.6. The zero-order valence-corrected chi connectivity index (χ0v) is 48.2. The summed E-state index contributed by atoms with van der Waals surface area (Å²) in [5.74, 6) is -13.5. The molecule has 0 spiro atoms. The van der Waals surface area contributed by atoms with Crippen molar-refractivity contribution < 1.29 is 106 Å². The van der Waals surface area contributed by atoms with Gasteiger partial charge >= 0.3 is 59.7 Å². The number of carboxylic acids is 2. The number of carbonyl (C=O) groups excluding carboxylic acids is 8. The van der Waals surface area contributed by atoms with E-state index >= 15 is 0 Å². The molecule has 6 N–H and O–H groups in total. The lowest BCUT2D eigenvalue weighted by Crippen LogP contribution is -2.39. The summed E-state index contributed by atoms with van der Waals surface area (Å²) in [6.07, 6.45) is 1.57. The van der Waals surface area contributed by atoms with Crippen LogP contribution in [0.2, 0.25) is 0 Å². The summed E-state index contributed by atoms with van der Waals surface area (Å²) in [6, 6.07) is 0. The van der Waals surface area contributed by atoms with Crippen molar-refractivity contribution in [3.05, 3.63) is 0 Å². The average Bonchev–Trinajstić information content (AvgIpc) is 3.98.